The Kier molecular flexibility index (Phi) is 4.62. The molecule has 1 fully saturated rings. The second-order valence-corrected chi connectivity index (χ2v) is 6.33. The molecule has 1 aliphatic carbocycles. The Balaban J connectivity index is 1.66. The predicted octanol–water partition coefficient (Wildman–Crippen LogP) is 2.89. The number of alkyl halides is 3. The van der Waals surface area contributed by atoms with Gasteiger partial charge in [-0.3, -0.25) is 9.69 Å². The fourth-order valence-corrected chi connectivity index (χ4v) is 3.51. The van der Waals surface area contributed by atoms with Crippen LogP contribution < -0.4 is 0 Å². The first-order valence-corrected chi connectivity index (χ1v) is 8.13. The van der Waals surface area contributed by atoms with Crippen molar-refractivity contribution >= 4 is 5.91 Å². The lowest BCUT2D eigenvalue weighted by molar-refractivity contribution is -0.148. The summed E-state index contributed by atoms with van der Waals surface area (Å²) in [6.07, 6.45) is 0.00317. The molecule has 1 heterocycles. The maximum Gasteiger partial charge on any atom is 0.401 e. The fourth-order valence-electron chi connectivity index (χ4n) is 3.51. The SMILES string of the molecule is O=C(c1cccc2c1CCCC2)N1CCN(CC(F)(F)F)CC1. The van der Waals surface area contributed by atoms with Crippen molar-refractivity contribution in [2.75, 3.05) is 32.7 Å². The van der Waals surface area contributed by atoms with E-state index in [-0.39, 0.29) is 19.0 Å². The summed E-state index contributed by atoms with van der Waals surface area (Å²) >= 11 is 0. The predicted molar refractivity (Wildman–Crippen MR) is 81.5 cm³/mol. The Morgan fingerprint density at radius 1 is 1.04 bits per heavy atom. The van der Waals surface area contributed by atoms with E-state index >= 15 is 0 Å². The van der Waals surface area contributed by atoms with E-state index in [9.17, 15) is 18.0 Å². The lowest BCUT2D eigenvalue weighted by Crippen LogP contribution is -2.51. The number of carbonyl (C=O) groups excluding carboxylic acids is 1. The highest BCUT2D eigenvalue weighted by atomic mass is 19.4. The van der Waals surface area contributed by atoms with Crippen molar-refractivity contribution in [3.05, 3.63) is 34.9 Å². The van der Waals surface area contributed by atoms with E-state index in [2.05, 4.69) is 6.07 Å². The minimum Gasteiger partial charge on any atom is -0.336 e. The molecule has 0 aromatic heterocycles. The zero-order valence-corrected chi connectivity index (χ0v) is 13.0. The highest BCUT2D eigenvalue weighted by Crippen LogP contribution is 2.26. The average molecular weight is 326 g/mol. The zero-order chi connectivity index (χ0) is 16.4. The second-order valence-electron chi connectivity index (χ2n) is 6.33. The Labute approximate surface area is 134 Å². The van der Waals surface area contributed by atoms with Crippen LogP contribution in [0.1, 0.15) is 34.3 Å². The topological polar surface area (TPSA) is 23.6 Å². The van der Waals surface area contributed by atoms with Gasteiger partial charge in [-0.15, -0.1) is 0 Å². The monoisotopic (exact) mass is 326 g/mol. The van der Waals surface area contributed by atoms with Gasteiger partial charge in [-0.05, 0) is 42.9 Å². The van der Waals surface area contributed by atoms with Crippen LogP contribution in [0.5, 0.6) is 0 Å². The van der Waals surface area contributed by atoms with Crippen molar-refractivity contribution in [1.29, 1.82) is 0 Å². The standard InChI is InChI=1S/C17H21F3N2O/c18-17(19,20)12-21-8-10-22(11-9-21)16(23)15-7-3-5-13-4-1-2-6-14(13)15/h3,5,7H,1-2,4,6,8-12H2. The molecule has 0 radical (unpaired) electrons. The Bertz CT molecular complexity index is 578. The Hall–Kier alpha value is -1.56. The van der Waals surface area contributed by atoms with Crippen LogP contribution in [-0.4, -0.2) is 54.6 Å². The van der Waals surface area contributed by atoms with Crippen LogP contribution in [0.25, 0.3) is 0 Å². The molecular formula is C17H21F3N2O. The van der Waals surface area contributed by atoms with Gasteiger partial charge >= 0.3 is 6.18 Å². The van der Waals surface area contributed by atoms with Crippen molar-refractivity contribution in [2.45, 2.75) is 31.9 Å². The van der Waals surface area contributed by atoms with E-state index in [1.165, 1.54) is 10.5 Å². The van der Waals surface area contributed by atoms with Gasteiger partial charge in [0.25, 0.3) is 5.91 Å². The summed E-state index contributed by atoms with van der Waals surface area (Å²) < 4.78 is 37.3. The lowest BCUT2D eigenvalue weighted by atomic mass is 9.88. The van der Waals surface area contributed by atoms with Crippen LogP contribution in [0, 0.1) is 0 Å². The summed E-state index contributed by atoms with van der Waals surface area (Å²) in [6, 6.07) is 5.85. The van der Waals surface area contributed by atoms with E-state index in [0.717, 1.165) is 36.8 Å². The Morgan fingerprint density at radius 3 is 2.43 bits per heavy atom. The minimum atomic E-state index is -4.18. The summed E-state index contributed by atoms with van der Waals surface area (Å²) in [7, 11) is 0. The molecule has 0 bridgehead atoms. The molecule has 0 unspecified atom stereocenters. The molecule has 126 valence electrons. The molecule has 0 atom stereocenters. The molecule has 2 aliphatic rings. The van der Waals surface area contributed by atoms with Crippen LogP contribution >= 0.6 is 0 Å². The molecule has 1 saturated heterocycles. The number of benzene rings is 1. The molecule has 0 saturated carbocycles. The quantitative estimate of drug-likeness (QED) is 0.834. The molecule has 0 spiro atoms. The van der Waals surface area contributed by atoms with Gasteiger partial charge in [0.05, 0.1) is 6.54 Å². The van der Waals surface area contributed by atoms with Crippen molar-refractivity contribution in [2.24, 2.45) is 0 Å². The summed E-state index contributed by atoms with van der Waals surface area (Å²) in [4.78, 5) is 15.8. The van der Waals surface area contributed by atoms with Crippen LogP contribution in [0.2, 0.25) is 0 Å². The molecule has 0 N–H and O–H groups in total. The normalized spacial score (nSPS) is 19.5. The molecule has 3 nitrogen and oxygen atoms in total. The molecule has 1 aromatic rings. The minimum absolute atomic E-state index is 0.0320. The first-order valence-electron chi connectivity index (χ1n) is 8.13. The number of rotatable bonds is 2. The van der Waals surface area contributed by atoms with Gasteiger partial charge in [-0.2, -0.15) is 13.2 Å². The number of amides is 1. The number of hydrogen-bond donors (Lipinski definition) is 0. The summed E-state index contributed by atoms with van der Waals surface area (Å²) in [5, 5.41) is 0. The van der Waals surface area contributed by atoms with Crippen LogP contribution in [-0.2, 0) is 12.8 Å². The largest absolute Gasteiger partial charge is 0.401 e. The van der Waals surface area contributed by atoms with E-state index < -0.39 is 12.7 Å². The van der Waals surface area contributed by atoms with Gasteiger partial charge in [0, 0.05) is 31.7 Å². The number of halogens is 3. The van der Waals surface area contributed by atoms with E-state index in [4.69, 9.17) is 0 Å². The molecule has 6 heteroatoms. The third kappa shape index (κ3) is 3.86. The van der Waals surface area contributed by atoms with Gasteiger partial charge in [-0.1, -0.05) is 12.1 Å². The van der Waals surface area contributed by atoms with Gasteiger partial charge in [-0.25, -0.2) is 0 Å². The van der Waals surface area contributed by atoms with Gasteiger partial charge in [0.15, 0.2) is 0 Å². The van der Waals surface area contributed by atoms with E-state index in [1.54, 1.807) is 4.90 Å². The average Bonchev–Trinajstić information content (AvgIpc) is 2.53. The molecule has 1 aromatic carbocycles. The summed E-state index contributed by atoms with van der Waals surface area (Å²) in [6.45, 7) is 0.382. The molecule has 3 rings (SSSR count). The van der Waals surface area contributed by atoms with E-state index in [0.29, 0.717) is 13.1 Å². The first kappa shape index (κ1) is 16.3. The Morgan fingerprint density at radius 2 is 1.74 bits per heavy atom. The van der Waals surface area contributed by atoms with Gasteiger partial charge < -0.3 is 4.90 Å². The van der Waals surface area contributed by atoms with Crippen molar-refractivity contribution < 1.29 is 18.0 Å². The van der Waals surface area contributed by atoms with E-state index in [1.807, 2.05) is 12.1 Å². The number of hydrogen-bond acceptors (Lipinski definition) is 2. The summed E-state index contributed by atoms with van der Waals surface area (Å²) in [5.74, 6) is -0.0320. The van der Waals surface area contributed by atoms with Crippen LogP contribution in [0.4, 0.5) is 13.2 Å². The maximum absolute atomic E-state index is 12.7. The van der Waals surface area contributed by atoms with Crippen molar-refractivity contribution in [1.82, 2.24) is 9.80 Å². The van der Waals surface area contributed by atoms with Crippen molar-refractivity contribution in [3.63, 3.8) is 0 Å². The maximum atomic E-state index is 12.7. The number of piperazine rings is 1. The lowest BCUT2D eigenvalue weighted by Gasteiger charge is -2.35. The fraction of sp³-hybridized carbons (Fsp3) is 0.588. The van der Waals surface area contributed by atoms with Crippen LogP contribution in [0.15, 0.2) is 18.2 Å². The highest BCUT2D eigenvalue weighted by Gasteiger charge is 2.33. The number of nitrogens with zero attached hydrogens (tertiary/aromatic N) is 2. The third-order valence-electron chi connectivity index (χ3n) is 4.69. The van der Waals surface area contributed by atoms with Crippen LogP contribution in [0.3, 0.4) is 0 Å². The summed E-state index contributed by atoms with van der Waals surface area (Å²) in [5.41, 5.74) is 3.13. The number of fused-ring (bicyclic) bond motifs is 1. The second kappa shape index (κ2) is 6.51. The number of carbonyl (C=O) groups is 1. The molecule has 1 amide bonds. The number of aryl methyl sites for hydroxylation is 1. The first-order chi connectivity index (χ1) is 10.9. The van der Waals surface area contributed by atoms with Gasteiger partial charge in [0.2, 0.25) is 0 Å². The molecular weight excluding hydrogens is 305 g/mol. The van der Waals surface area contributed by atoms with Gasteiger partial charge in [0.1, 0.15) is 0 Å². The van der Waals surface area contributed by atoms with Crippen molar-refractivity contribution in [3.8, 4) is 0 Å². The third-order valence-corrected chi connectivity index (χ3v) is 4.69. The smallest absolute Gasteiger partial charge is 0.336 e. The highest BCUT2D eigenvalue weighted by molar-refractivity contribution is 5.96. The molecule has 1 aliphatic heterocycles. The zero-order valence-electron chi connectivity index (χ0n) is 13.0. The molecule has 23 heavy (non-hydrogen) atoms.